The van der Waals surface area contributed by atoms with Crippen molar-refractivity contribution in [3.8, 4) is 17.2 Å². The fourth-order valence-electron chi connectivity index (χ4n) is 5.12. The summed E-state index contributed by atoms with van der Waals surface area (Å²) in [5.41, 5.74) is 2.63. The molecule has 6 rings (SSSR count). The number of thiophene rings is 1. The number of rotatable bonds is 11. The van der Waals surface area contributed by atoms with Crippen LogP contribution in [0.4, 0.5) is 4.39 Å². The molecule has 3 aromatic carbocycles. The number of thioether (sulfide) groups is 1. The molecule has 0 saturated heterocycles. The molecule has 1 atom stereocenters. The SMILES string of the molecule is COc1ccccc1C(=O)NCc1nnc(SCC(=O)N2N=C(c3cccs3)C[C@@H]2c2ccc(F)cc2)n1-c1ccccc1OC. The second kappa shape index (κ2) is 14.0. The number of benzene rings is 3. The Bertz CT molecular complexity index is 1880. The first-order chi connectivity index (χ1) is 22.5. The summed E-state index contributed by atoms with van der Waals surface area (Å²) < 4.78 is 26.5. The number of nitrogens with zero attached hydrogens (tertiary/aromatic N) is 5. The summed E-state index contributed by atoms with van der Waals surface area (Å²) >= 11 is 2.75. The molecule has 46 heavy (non-hydrogen) atoms. The lowest BCUT2D eigenvalue weighted by molar-refractivity contribution is -0.130. The van der Waals surface area contributed by atoms with Gasteiger partial charge in [-0.2, -0.15) is 5.10 Å². The molecule has 1 aliphatic rings. The van der Waals surface area contributed by atoms with Gasteiger partial charge in [0.15, 0.2) is 11.0 Å². The first-order valence-electron chi connectivity index (χ1n) is 14.3. The molecule has 2 aromatic heterocycles. The number of nitrogens with one attached hydrogen (secondary N) is 1. The van der Waals surface area contributed by atoms with Crippen LogP contribution in [0.1, 0.15) is 39.1 Å². The maximum absolute atomic E-state index is 13.8. The van der Waals surface area contributed by atoms with Crippen LogP contribution in [-0.2, 0) is 11.3 Å². The van der Waals surface area contributed by atoms with E-state index in [9.17, 15) is 14.0 Å². The lowest BCUT2D eigenvalue weighted by atomic mass is 10.0. The largest absolute Gasteiger partial charge is 0.496 e. The van der Waals surface area contributed by atoms with Gasteiger partial charge >= 0.3 is 0 Å². The van der Waals surface area contributed by atoms with Crippen molar-refractivity contribution in [3.05, 3.63) is 118 Å². The highest BCUT2D eigenvalue weighted by atomic mass is 32.2. The van der Waals surface area contributed by atoms with Crippen LogP contribution >= 0.6 is 23.1 Å². The number of para-hydroxylation sites is 3. The molecule has 0 aliphatic carbocycles. The Morgan fingerprint density at radius 1 is 0.957 bits per heavy atom. The number of halogens is 1. The fraction of sp³-hybridized carbons (Fsp3) is 0.182. The van der Waals surface area contributed by atoms with Crippen molar-refractivity contribution >= 4 is 40.6 Å². The molecule has 2 amide bonds. The number of hydrogen-bond acceptors (Lipinski definition) is 9. The predicted octanol–water partition coefficient (Wildman–Crippen LogP) is 5.89. The van der Waals surface area contributed by atoms with E-state index in [1.165, 1.54) is 36.0 Å². The van der Waals surface area contributed by atoms with Crippen molar-refractivity contribution in [2.45, 2.75) is 24.2 Å². The quantitative estimate of drug-likeness (QED) is 0.177. The molecule has 5 aromatic rings. The maximum atomic E-state index is 13.8. The van der Waals surface area contributed by atoms with Gasteiger partial charge in [-0.1, -0.05) is 54.2 Å². The van der Waals surface area contributed by atoms with E-state index in [1.807, 2.05) is 41.8 Å². The Morgan fingerprint density at radius 3 is 2.43 bits per heavy atom. The van der Waals surface area contributed by atoms with Gasteiger partial charge in [0.2, 0.25) is 0 Å². The van der Waals surface area contributed by atoms with E-state index >= 15 is 0 Å². The van der Waals surface area contributed by atoms with E-state index < -0.39 is 0 Å². The number of amides is 2. The minimum absolute atomic E-state index is 0.000227. The van der Waals surface area contributed by atoms with Gasteiger partial charge in [-0.3, -0.25) is 14.2 Å². The molecule has 1 N–H and O–H groups in total. The van der Waals surface area contributed by atoms with Crippen LogP contribution in [0.2, 0.25) is 0 Å². The average Bonchev–Trinajstić information content (AvgIpc) is 3.87. The first-order valence-corrected chi connectivity index (χ1v) is 16.1. The monoisotopic (exact) mass is 656 g/mol. The molecule has 3 heterocycles. The molecule has 0 fully saturated rings. The summed E-state index contributed by atoms with van der Waals surface area (Å²) in [6.07, 6.45) is 0.510. The number of hydrazone groups is 1. The summed E-state index contributed by atoms with van der Waals surface area (Å²) in [5, 5.41) is 20.2. The van der Waals surface area contributed by atoms with Gasteiger partial charge in [0, 0.05) is 6.42 Å². The Morgan fingerprint density at radius 2 is 1.70 bits per heavy atom. The van der Waals surface area contributed by atoms with E-state index in [0.29, 0.717) is 40.2 Å². The van der Waals surface area contributed by atoms with Crippen molar-refractivity contribution in [1.82, 2.24) is 25.1 Å². The second-order valence-electron chi connectivity index (χ2n) is 10.1. The third-order valence-electron chi connectivity index (χ3n) is 7.34. The third-order valence-corrected chi connectivity index (χ3v) is 9.17. The number of hydrogen-bond donors (Lipinski definition) is 1. The van der Waals surface area contributed by atoms with Crippen molar-refractivity contribution in [1.29, 1.82) is 0 Å². The van der Waals surface area contributed by atoms with Crippen LogP contribution in [-0.4, -0.2) is 57.3 Å². The van der Waals surface area contributed by atoms with E-state index in [2.05, 4.69) is 15.5 Å². The van der Waals surface area contributed by atoms with Gasteiger partial charge in [-0.15, -0.1) is 21.5 Å². The molecule has 1 aliphatic heterocycles. The molecule has 0 spiro atoms. The third kappa shape index (κ3) is 6.51. The predicted molar refractivity (Wildman–Crippen MR) is 174 cm³/mol. The van der Waals surface area contributed by atoms with E-state index in [-0.39, 0.29) is 36.0 Å². The standard InChI is InChI=1S/C33H29FN6O4S2/c1-43-27-10-5-3-8-23(27)32(42)35-19-30-36-37-33(39(30)25-9-4-6-11-28(25)44-2)46-20-31(41)40-26(21-13-15-22(34)16-14-21)18-24(38-40)29-12-7-17-45-29/h3-17,26H,18-20H2,1-2H3,(H,35,42)/t26-/m1/s1. The Kier molecular flexibility index (Phi) is 9.41. The molecule has 10 nitrogen and oxygen atoms in total. The zero-order valence-electron chi connectivity index (χ0n) is 24.9. The molecule has 0 bridgehead atoms. The minimum atomic E-state index is -0.376. The molecule has 234 valence electrons. The van der Waals surface area contributed by atoms with Crippen LogP contribution in [0.5, 0.6) is 11.5 Å². The van der Waals surface area contributed by atoms with E-state index in [0.717, 1.165) is 16.2 Å². The number of carbonyl (C=O) groups is 2. The van der Waals surface area contributed by atoms with Crippen LogP contribution in [0.15, 0.2) is 101 Å². The molecule has 0 unspecified atom stereocenters. The van der Waals surface area contributed by atoms with Gasteiger partial charge < -0.3 is 14.8 Å². The van der Waals surface area contributed by atoms with Crippen molar-refractivity contribution < 1.29 is 23.5 Å². The van der Waals surface area contributed by atoms with Crippen molar-refractivity contribution in [3.63, 3.8) is 0 Å². The summed E-state index contributed by atoms with van der Waals surface area (Å²) in [4.78, 5) is 27.8. The van der Waals surface area contributed by atoms with E-state index in [4.69, 9.17) is 14.6 Å². The first kappa shape index (κ1) is 31.0. The summed E-state index contributed by atoms with van der Waals surface area (Å²) in [6.45, 7) is 0.0453. The number of ether oxygens (including phenoxy) is 2. The van der Waals surface area contributed by atoms with Gasteiger partial charge in [-0.25, -0.2) is 9.40 Å². The molecule has 0 radical (unpaired) electrons. The van der Waals surface area contributed by atoms with Crippen molar-refractivity contribution in [2.24, 2.45) is 5.10 Å². The maximum Gasteiger partial charge on any atom is 0.255 e. The topological polar surface area (TPSA) is 111 Å². The Balaban J connectivity index is 1.26. The van der Waals surface area contributed by atoms with Crippen LogP contribution in [0.3, 0.4) is 0 Å². The number of carbonyl (C=O) groups excluding carboxylic acids is 2. The summed E-state index contributed by atoms with van der Waals surface area (Å²) in [5.74, 6) is 0.523. The van der Waals surface area contributed by atoms with Crippen LogP contribution < -0.4 is 14.8 Å². The van der Waals surface area contributed by atoms with Crippen LogP contribution in [0.25, 0.3) is 5.69 Å². The number of aromatic nitrogens is 3. The average molecular weight is 657 g/mol. The highest BCUT2D eigenvalue weighted by molar-refractivity contribution is 7.99. The van der Waals surface area contributed by atoms with Gasteiger partial charge in [0.1, 0.15) is 17.3 Å². The van der Waals surface area contributed by atoms with E-state index in [1.54, 1.807) is 59.4 Å². The Labute approximate surface area is 272 Å². The van der Waals surface area contributed by atoms with Gasteiger partial charge in [0.05, 0.1) is 54.4 Å². The van der Waals surface area contributed by atoms with Gasteiger partial charge in [-0.05, 0) is 53.4 Å². The molecule has 13 heteroatoms. The zero-order chi connectivity index (χ0) is 32.0. The summed E-state index contributed by atoms with van der Waals surface area (Å²) in [6, 6.07) is 24.0. The second-order valence-corrected chi connectivity index (χ2v) is 12.0. The fourth-order valence-corrected chi connectivity index (χ4v) is 6.66. The zero-order valence-corrected chi connectivity index (χ0v) is 26.6. The van der Waals surface area contributed by atoms with Gasteiger partial charge in [0.25, 0.3) is 11.8 Å². The summed E-state index contributed by atoms with van der Waals surface area (Å²) in [7, 11) is 3.07. The lowest BCUT2D eigenvalue weighted by Crippen LogP contribution is -2.28. The molecular formula is C33H29FN6O4S2. The molecule has 0 saturated carbocycles. The number of methoxy groups -OCH3 is 2. The lowest BCUT2D eigenvalue weighted by Gasteiger charge is -2.22. The normalized spacial score (nSPS) is 14.2. The highest BCUT2D eigenvalue weighted by Crippen LogP contribution is 2.35. The highest BCUT2D eigenvalue weighted by Gasteiger charge is 2.34. The Hall–Kier alpha value is -5.01. The molecular weight excluding hydrogens is 628 g/mol. The van der Waals surface area contributed by atoms with Crippen LogP contribution in [0, 0.1) is 5.82 Å². The van der Waals surface area contributed by atoms with Crippen molar-refractivity contribution in [2.75, 3.05) is 20.0 Å². The smallest absolute Gasteiger partial charge is 0.255 e. The minimum Gasteiger partial charge on any atom is -0.496 e.